The monoisotopic (exact) mass is 139 g/mol. The van der Waals surface area contributed by atoms with E-state index in [0.29, 0.717) is 0 Å². The zero-order valence-corrected chi connectivity index (χ0v) is 6.60. The SMILES string of the molecule is CCCCCC/C=C/[C]=O. The highest BCUT2D eigenvalue weighted by atomic mass is 16.1. The Kier molecular flexibility index (Phi) is 7.91. The minimum absolute atomic E-state index is 1.02. The zero-order valence-electron chi connectivity index (χ0n) is 6.60. The zero-order chi connectivity index (χ0) is 7.66. The molecule has 0 fully saturated rings. The molecule has 0 aromatic rings. The number of hydrogen-bond acceptors (Lipinski definition) is 1. The van der Waals surface area contributed by atoms with Crippen LogP contribution in [0.3, 0.4) is 0 Å². The maximum Gasteiger partial charge on any atom is 0.225 e. The van der Waals surface area contributed by atoms with Gasteiger partial charge in [-0.1, -0.05) is 32.3 Å². The van der Waals surface area contributed by atoms with Gasteiger partial charge in [-0.05, 0) is 18.9 Å². The molecular weight excluding hydrogens is 124 g/mol. The van der Waals surface area contributed by atoms with Crippen LogP contribution in [0.1, 0.15) is 39.0 Å². The topological polar surface area (TPSA) is 17.1 Å². The van der Waals surface area contributed by atoms with Crippen molar-refractivity contribution in [2.75, 3.05) is 0 Å². The molecular formula is C9H15O. The van der Waals surface area contributed by atoms with Crippen LogP contribution in [-0.2, 0) is 4.79 Å². The molecule has 57 valence electrons. The van der Waals surface area contributed by atoms with Crippen molar-refractivity contribution in [3.05, 3.63) is 12.2 Å². The first kappa shape index (κ1) is 9.41. The first-order chi connectivity index (χ1) is 4.91. The number of unbranched alkanes of at least 4 members (excludes halogenated alkanes) is 4. The van der Waals surface area contributed by atoms with Gasteiger partial charge in [0.2, 0.25) is 6.29 Å². The lowest BCUT2D eigenvalue weighted by atomic mass is 10.1. The summed E-state index contributed by atoms with van der Waals surface area (Å²) in [6.07, 6.45) is 11.1. The van der Waals surface area contributed by atoms with Gasteiger partial charge in [0.05, 0.1) is 0 Å². The molecule has 0 unspecified atom stereocenters. The molecule has 0 spiro atoms. The maximum atomic E-state index is 9.68. The first-order valence-electron chi connectivity index (χ1n) is 3.94. The number of allylic oxidation sites excluding steroid dienone is 2. The van der Waals surface area contributed by atoms with Crippen molar-refractivity contribution in [1.29, 1.82) is 0 Å². The molecule has 0 aromatic heterocycles. The van der Waals surface area contributed by atoms with Crippen molar-refractivity contribution in [1.82, 2.24) is 0 Å². The summed E-state index contributed by atoms with van der Waals surface area (Å²) in [6.45, 7) is 2.19. The molecule has 0 aliphatic rings. The first-order valence-corrected chi connectivity index (χ1v) is 3.94. The average molecular weight is 139 g/mol. The van der Waals surface area contributed by atoms with E-state index in [4.69, 9.17) is 0 Å². The molecule has 0 bridgehead atoms. The molecule has 0 heterocycles. The lowest BCUT2D eigenvalue weighted by Crippen LogP contribution is -1.73. The highest BCUT2D eigenvalue weighted by Crippen LogP contribution is 2.02. The smallest absolute Gasteiger partial charge is 0.225 e. The Morgan fingerprint density at radius 2 is 2.10 bits per heavy atom. The van der Waals surface area contributed by atoms with Gasteiger partial charge >= 0.3 is 0 Å². The molecule has 1 heteroatoms. The van der Waals surface area contributed by atoms with Gasteiger partial charge in [-0.15, -0.1) is 0 Å². The van der Waals surface area contributed by atoms with Gasteiger partial charge in [0, 0.05) is 0 Å². The molecule has 0 aliphatic carbocycles. The van der Waals surface area contributed by atoms with E-state index in [1.807, 2.05) is 6.08 Å². The quantitative estimate of drug-likeness (QED) is 0.408. The highest BCUT2D eigenvalue weighted by Gasteiger charge is 1.83. The molecule has 0 saturated carbocycles. The van der Waals surface area contributed by atoms with E-state index in [1.54, 1.807) is 6.29 Å². The van der Waals surface area contributed by atoms with E-state index < -0.39 is 0 Å². The Labute approximate surface area is 63.1 Å². The Bertz CT molecular complexity index is 94.9. The highest BCUT2D eigenvalue weighted by molar-refractivity contribution is 5.65. The third kappa shape index (κ3) is 7.41. The van der Waals surface area contributed by atoms with Gasteiger partial charge in [0.15, 0.2) is 0 Å². The van der Waals surface area contributed by atoms with Crippen molar-refractivity contribution < 1.29 is 4.79 Å². The Morgan fingerprint density at radius 3 is 2.70 bits per heavy atom. The van der Waals surface area contributed by atoms with E-state index >= 15 is 0 Å². The fraction of sp³-hybridized carbons (Fsp3) is 0.667. The predicted molar refractivity (Wildman–Crippen MR) is 43.6 cm³/mol. The summed E-state index contributed by atoms with van der Waals surface area (Å²) < 4.78 is 0. The molecule has 0 saturated heterocycles. The second-order valence-corrected chi connectivity index (χ2v) is 2.37. The van der Waals surface area contributed by atoms with Gasteiger partial charge in [-0.25, -0.2) is 0 Å². The van der Waals surface area contributed by atoms with Crippen LogP contribution in [0.2, 0.25) is 0 Å². The lowest BCUT2D eigenvalue weighted by Gasteiger charge is -1.92. The Morgan fingerprint density at radius 1 is 1.30 bits per heavy atom. The summed E-state index contributed by atoms with van der Waals surface area (Å²) in [4.78, 5) is 9.68. The van der Waals surface area contributed by atoms with Gasteiger partial charge in [-0.2, -0.15) is 0 Å². The van der Waals surface area contributed by atoms with Crippen LogP contribution < -0.4 is 0 Å². The fourth-order valence-corrected chi connectivity index (χ4v) is 0.820. The number of carbonyl (C=O) groups excluding carboxylic acids is 1. The number of hydrogen-bond donors (Lipinski definition) is 0. The normalized spacial score (nSPS) is 10.5. The van der Waals surface area contributed by atoms with E-state index in [2.05, 4.69) is 6.92 Å². The number of rotatable bonds is 6. The predicted octanol–water partition coefficient (Wildman–Crippen LogP) is 2.62. The van der Waals surface area contributed by atoms with Crippen LogP contribution in [0.4, 0.5) is 0 Å². The molecule has 0 aliphatic heterocycles. The fourth-order valence-electron chi connectivity index (χ4n) is 0.820. The van der Waals surface area contributed by atoms with Crippen LogP contribution in [0.25, 0.3) is 0 Å². The largest absolute Gasteiger partial charge is 0.286 e. The second-order valence-electron chi connectivity index (χ2n) is 2.37. The van der Waals surface area contributed by atoms with Crippen molar-refractivity contribution in [2.45, 2.75) is 39.0 Å². The lowest BCUT2D eigenvalue weighted by molar-refractivity contribution is 0.564. The van der Waals surface area contributed by atoms with Crippen LogP contribution in [-0.4, -0.2) is 6.29 Å². The van der Waals surface area contributed by atoms with Crippen molar-refractivity contribution in [2.24, 2.45) is 0 Å². The second kappa shape index (κ2) is 8.41. The van der Waals surface area contributed by atoms with Crippen LogP contribution >= 0.6 is 0 Å². The van der Waals surface area contributed by atoms with E-state index in [1.165, 1.54) is 31.8 Å². The summed E-state index contributed by atoms with van der Waals surface area (Å²) in [5, 5.41) is 0. The third-order valence-electron chi connectivity index (χ3n) is 1.41. The average Bonchev–Trinajstić information content (AvgIpc) is 1.97. The summed E-state index contributed by atoms with van der Waals surface area (Å²) in [6, 6.07) is 0. The Hall–Kier alpha value is -0.590. The summed E-state index contributed by atoms with van der Waals surface area (Å²) >= 11 is 0. The van der Waals surface area contributed by atoms with Gasteiger partial charge in [-0.3, -0.25) is 4.79 Å². The minimum atomic E-state index is 1.02. The van der Waals surface area contributed by atoms with Crippen LogP contribution in [0, 0.1) is 0 Å². The summed E-state index contributed by atoms with van der Waals surface area (Å²) in [7, 11) is 0. The summed E-state index contributed by atoms with van der Waals surface area (Å²) in [5.41, 5.74) is 0. The molecule has 10 heavy (non-hydrogen) atoms. The third-order valence-corrected chi connectivity index (χ3v) is 1.41. The molecule has 1 radical (unpaired) electrons. The van der Waals surface area contributed by atoms with Gasteiger partial charge in [0.1, 0.15) is 0 Å². The molecule has 0 aromatic carbocycles. The maximum absolute atomic E-state index is 9.68. The van der Waals surface area contributed by atoms with E-state index in [9.17, 15) is 4.79 Å². The van der Waals surface area contributed by atoms with Crippen molar-refractivity contribution >= 4 is 6.29 Å². The van der Waals surface area contributed by atoms with Crippen molar-refractivity contribution in [3.8, 4) is 0 Å². The molecule has 0 rings (SSSR count). The molecule has 1 nitrogen and oxygen atoms in total. The molecule has 0 N–H and O–H groups in total. The standard InChI is InChI=1S/C9H15O/c1-2-3-4-5-6-7-8-9-10/h7-8H,2-6H2,1H3/b8-7+. The van der Waals surface area contributed by atoms with Gasteiger partial charge in [0.25, 0.3) is 0 Å². The van der Waals surface area contributed by atoms with Crippen LogP contribution in [0.15, 0.2) is 12.2 Å². The summed E-state index contributed by atoms with van der Waals surface area (Å²) in [5.74, 6) is 0. The Balaban J connectivity index is 2.90. The minimum Gasteiger partial charge on any atom is -0.286 e. The van der Waals surface area contributed by atoms with E-state index in [-0.39, 0.29) is 0 Å². The molecule has 0 atom stereocenters. The van der Waals surface area contributed by atoms with Crippen LogP contribution in [0.5, 0.6) is 0 Å². The van der Waals surface area contributed by atoms with Crippen molar-refractivity contribution in [3.63, 3.8) is 0 Å². The van der Waals surface area contributed by atoms with Gasteiger partial charge < -0.3 is 0 Å². The molecule has 0 amide bonds. The van der Waals surface area contributed by atoms with E-state index in [0.717, 1.165) is 6.42 Å².